The van der Waals surface area contributed by atoms with E-state index in [0.29, 0.717) is 11.0 Å². The molecular formula is C14H16N4OS2. The summed E-state index contributed by atoms with van der Waals surface area (Å²) >= 11 is 2.86. The molecule has 1 amide bonds. The first-order chi connectivity index (χ1) is 10.1. The van der Waals surface area contributed by atoms with Crippen molar-refractivity contribution in [2.24, 2.45) is 0 Å². The molecule has 1 aromatic heterocycles. The lowest BCUT2D eigenvalue weighted by Crippen LogP contribution is -2.15. The van der Waals surface area contributed by atoms with Crippen molar-refractivity contribution in [2.45, 2.75) is 17.0 Å². The molecule has 1 heterocycles. The number of thioether (sulfide) groups is 2. The van der Waals surface area contributed by atoms with Crippen molar-refractivity contribution in [3.05, 3.63) is 36.0 Å². The summed E-state index contributed by atoms with van der Waals surface area (Å²) in [6, 6.07) is 9.39. The number of aryl methyl sites for hydroxylation is 1. The number of aromatic nitrogens is 2. The number of hydrogen-bond donors (Lipinski definition) is 2. The third kappa shape index (κ3) is 4.64. The Hall–Kier alpha value is -1.73. The molecule has 0 aliphatic heterocycles. The minimum absolute atomic E-state index is 0.0924. The second kappa shape index (κ2) is 7.33. The van der Waals surface area contributed by atoms with Crippen LogP contribution < -0.4 is 11.1 Å². The van der Waals surface area contributed by atoms with E-state index >= 15 is 0 Å². The third-order valence-corrected chi connectivity index (χ3v) is 4.21. The molecule has 0 saturated carbocycles. The third-order valence-electron chi connectivity index (χ3n) is 2.57. The lowest BCUT2D eigenvalue weighted by molar-refractivity contribution is -0.113. The predicted molar refractivity (Wildman–Crippen MR) is 88.8 cm³/mol. The van der Waals surface area contributed by atoms with E-state index < -0.39 is 0 Å². The number of nitrogen functional groups attached to an aromatic ring is 1. The van der Waals surface area contributed by atoms with E-state index in [4.69, 9.17) is 5.73 Å². The van der Waals surface area contributed by atoms with E-state index in [9.17, 15) is 4.79 Å². The first-order valence-corrected chi connectivity index (χ1v) is 8.46. The molecule has 7 heteroatoms. The van der Waals surface area contributed by atoms with Crippen molar-refractivity contribution in [1.29, 1.82) is 0 Å². The van der Waals surface area contributed by atoms with Crippen molar-refractivity contribution >= 4 is 40.9 Å². The second-order valence-electron chi connectivity index (χ2n) is 4.25. The van der Waals surface area contributed by atoms with Crippen LogP contribution in [0.3, 0.4) is 0 Å². The van der Waals surface area contributed by atoms with Gasteiger partial charge in [0.05, 0.1) is 11.4 Å². The summed E-state index contributed by atoms with van der Waals surface area (Å²) in [5.74, 6) is 0.564. The number of carbonyl (C=O) groups is 1. The smallest absolute Gasteiger partial charge is 0.234 e. The van der Waals surface area contributed by atoms with Crippen molar-refractivity contribution < 1.29 is 4.79 Å². The van der Waals surface area contributed by atoms with Crippen LogP contribution in [0.25, 0.3) is 0 Å². The van der Waals surface area contributed by atoms with Crippen molar-refractivity contribution in [3.8, 4) is 0 Å². The minimum atomic E-state index is -0.0924. The number of anilines is 2. The fraction of sp³-hybridized carbons (Fsp3) is 0.214. The Morgan fingerprint density at radius 1 is 1.33 bits per heavy atom. The molecule has 5 nitrogen and oxygen atoms in total. The Kier molecular flexibility index (Phi) is 5.46. The molecule has 110 valence electrons. The highest BCUT2D eigenvalue weighted by molar-refractivity contribution is 7.99. The summed E-state index contributed by atoms with van der Waals surface area (Å²) in [4.78, 5) is 21.4. The molecule has 0 bridgehead atoms. The number of rotatable bonds is 5. The molecule has 0 spiro atoms. The molecular weight excluding hydrogens is 304 g/mol. The van der Waals surface area contributed by atoms with Crippen LogP contribution in [0, 0.1) is 6.92 Å². The van der Waals surface area contributed by atoms with Gasteiger partial charge in [0.15, 0.2) is 5.16 Å². The number of nitrogens with zero attached hydrogens (tertiary/aromatic N) is 2. The molecule has 0 radical (unpaired) electrons. The van der Waals surface area contributed by atoms with Crippen molar-refractivity contribution in [1.82, 2.24) is 9.97 Å². The maximum absolute atomic E-state index is 12.0. The maximum atomic E-state index is 12.0. The van der Waals surface area contributed by atoms with Crippen LogP contribution >= 0.6 is 23.5 Å². The standard InChI is InChI=1S/C14H16N4OS2/c1-9-7-12(15)18-14(16-9)21-8-13(19)17-10-5-3-4-6-11(10)20-2/h3-7H,8H2,1-2H3,(H,17,19)(H2,15,16,18). The van der Waals surface area contributed by atoms with Gasteiger partial charge in [-0.3, -0.25) is 4.79 Å². The Morgan fingerprint density at radius 3 is 2.81 bits per heavy atom. The van der Waals surface area contributed by atoms with Crippen LogP contribution in [0.15, 0.2) is 40.4 Å². The molecule has 2 rings (SSSR count). The SMILES string of the molecule is CSc1ccccc1NC(=O)CSc1nc(C)cc(N)n1. The molecule has 0 aliphatic rings. The summed E-state index contributed by atoms with van der Waals surface area (Å²) in [7, 11) is 0. The number of hydrogen-bond acceptors (Lipinski definition) is 6. The van der Waals surface area contributed by atoms with Crippen LogP contribution in [0.4, 0.5) is 11.5 Å². The molecule has 0 unspecified atom stereocenters. The Balaban J connectivity index is 1.96. The number of para-hydroxylation sites is 1. The van der Waals surface area contributed by atoms with Gasteiger partial charge in [-0.25, -0.2) is 9.97 Å². The summed E-state index contributed by atoms with van der Waals surface area (Å²) in [5.41, 5.74) is 7.27. The number of amides is 1. The fourth-order valence-electron chi connectivity index (χ4n) is 1.69. The molecule has 0 fully saturated rings. The van der Waals surface area contributed by atoms with Gasteiger partial charge in [0.2, 0.25) is 5.91 Å². The van der Waals surface area contributed by atoms with Crippen LogP contribution in [0.5, 0.6) is 0 Å². The summed E-state index contributed by atoms with van der Waals surface area (Å²) in [5, 5.41) is 3.41. The number of benzene rings is 1. The average molecular weight is 320 g/mol. The summed E-state index contributed by atoms with van der Waals surface area (Å²) in [6.07, 6.45) is 1.98. The summed E-state index contributed by atoms with van der Waals surface area (Å²) < 4.78 is 0. The van der Waals surface area contributed by atoms with Gasteiger partial charge >= 0.3 is 0 Å². The van der Waals surface area contributed by atoms with Gasteiger partial charge in [-0.2, -0.15) is 0 Å². The zero-order chi connectivity index (χ0) is 15.2. The van der Waals surface area contributed by atoms with E-state index in [-0.39, 0.29) is 11.7 Å². The lowest BCUT2D eigenvalue weighted by Gasteiger charge is -2.08. The lowest BCUT2D eigenvalue weighted by atomic mass is 10.3. The topological polar surface area (TPSA) is 80.9 Å². The Bertz CT molecular complexity index is 628. The molecule has 21 heavy (non-hydrogen) atoms. The van der Waals surface area contributed by atoms with E-state index in [1.54, 1.807) is 17.8 Å². The van der Waals surface area contributed by atoms with Gasteiger partial charge in [0.25, 0.3) is 0 Å². The van der Waals surface area contributed by atoms with E-state index in [0.717, 1.165) is 16.3 Å². The van der Waals surface area contributed by atoms with Crippen molar-refractivity contribution in [2.75, 3.05) is 23.1 Å². The Labute approximate surface area is 132 Å². The fourth-order valence-corrected chi connectivity index (χ4v) is 2.96. The maximum Gasteiger partial charge on any atom is 0.234 e. The van der Waals surface area contributed by atoms with Crippen LogP contribution in [0.1, 0.15) is 5.69 Å². The van der Waals surface area contributed by atoms with Gasteiger partial charge in [-0.15, -0.1) is 11.8 Å². The molecule has 2 aromatic rings. The summed E-state index contributed by atoms with van der Waals surface area (Å²) in [6.45, 7) is 1.84. The zero-order valence-electron chi connectivity index (χ0n) is 11.8. The van der Waals surface area contributed by atoms with Gasteiger partial charge < -0.3 is 11.1 Å². The van der Waals surface area contributed by atoms with E-state index in [2.05, 4.69) is 15.3 Å². The molecule has 1 aromatic carbocycles. The van der Waals surface area contributed by atoms with Crippen LogP contribution in [0.2, 0.25) is 0 Å². The minimum Gasteiger partial charge on any atom is -0.384 e. The normalized spacial score (nSPS) is 10.4. The van der Waals surface area contributed by atoms with Gasteiger partial charge in [-0.05, 0) is 25.3 Å². The highest BCUT2D eigenvalue weighted by atomic mass is 32.2. The van der Waals surface area contributed by atoms with E-state index in [1.807, 2.05) is 37.4 Å². The highest BCUT2D eigenvalue weighted by Gasteiger charge is 2.08. The van der Waals surface area contributed by atoms with Gasteiger partial charge in [-0.1, -0.05) is 23.9 Å². The quantitative estimate of drug-likeness (QED) is 0.651. The predicted octanol–water partition coefficient (Wildman–Crippen LogP) is 2.82. The van der Waals surface area contributed by atoms with E-state index in [1.165, 1.54) is 11.8 Å². The monoisotopic (exact) mass is 320 g/mol. The first-order valence-electron chi connectivity index (χ1n) is 6.25. The van der Waals surface area contributed by atoms with Gasteiger partial charge in [0, 0.05) is 16.7 Å². The van der Waals surface area contributed by atoms with Crippen molar-refractivity contribution in [3.63, 3.8) is 0 Å². The molecule has 3 N–H and O–H groups in total. The van der Waals surface area contributed by atoms with Crippen LogP contribution in [-0.4, -0.2) is 27.9 Å². The number of nitrogens with two attached hydrogens (primary N) is 1. The average Bonchev–Trinajstić information content (AvgIpc) is 2.45. The second-order valence-corrected chi connectivity index (χ2v) is 6.04. The zero-order valence-corrected chi connectivity index (χ0v) is 13.4. The van der Waals surface area contributed by atoms with Crippen LogP contribution in [-0.2, 0) is 4.79 Å². The molecule has 0 saturated heterocycles. The Morgan fingerprint density at radius 2 is 2.10 bits per heavy atom. The van der Waals surface area contributed by atoms with Gasteiger partial charge in [0.1, 0.15) is 5.82 Å². The molecule has 0 aliphatic carbocycles. The number of carbonyl (C=O) groups excluding carboxylic acids is 1. The number of nitrogens with one attached hydrogen (secondary N) is 1. The molecule has 0 atom stereocenters. The highest BCUT2D eigenvalue weighted by Crippen LogP contribution is 2.25. The first kappa shape index (κ1) is 15.7. The largest absolute Gasteiger partial charge is 0.384 e.